The molecule has 23 heavy (non-hydrogen) atoms. The van der Waals surface area contributed by atoms with Crippen molar-refractivity contribution in [1.29, 1.82) is 0 Å². The molecule has 0 aromatic carbocycles. The van der Waals surface area contributed by atoms with E-state index in [0.29, 0.717) is 5.69 Å². The molecule has 4 heteroatoms. The maximum atomic E-state index is 13.1. The fourth-order valence-electron chi connectivity index (χ4n) is 5.95. The molecule has 0 unspecified atom stereocenters. The number of amides is 1. The van der Waals surface area contributed by atoms with E-state index in [9.17, 15) is 4.79 Å². The lowest BCUT2D eigenvalue weighted by atomic mass is 9.53. The number of imidazole rings is 1. The van der Waals surface area contributed by atoms with Crippen LogP contribution in [-0.4, -0.2) is 20.8 Å². The van der Waals surface area contributed by atoms with Gasteiger partial charge in [-0.15, -0.1) is 0 Å². The predicted molar refractivity (Wildman–Crippen MR) is 88.3 cm³/mol. The van der Waals surface area contributed by atoms with Gasteiger partial charge in [-0.3, -0.25) is 9.20 Å². The Morgan fingerprint density at radius 3 is 2.48 bits per heavy atom. The highest BCUT2D eigenvalue weighted by molar-refractivity contribution is 5.95. The minimum Gasteiger partial charge on any atom is -0.345 e. The Bertz CT molecular complexity index is 756. The van der Waals surface area contributed by atoms with Gasteiger partial charge in [-0.2, -0.15) is 0 Å². The van der Waals surface area contributed by atoms with Crippen LogP contribution in [0.2, 0.25) is 0 Å². The van der Waals surface area contributed by atoms with Crippen LogP contribution in [0.15, 0.2) is 24.4 Å². The zero-order chi connectivity index (χ0) is 15.6. The Morgan fingerprint density at radius 1 is 1.17 bits per heavy atom. The third kappa shape index (κ3) is 2.03. The van der Waals surface area contributed by atoms with E-state index < -0.39 is 0 Å². The van der Waals surface area contributed by atoms with Crippen LogP contribution in [0, 0.1) is 24.7 Å². The lowest BCUT2D eigenvalue weighted by molar-refractivity contribution is -0.0168. The number of hydrogen-bond donors (Lipinski definition) is 1. The van der Waals surface area contributed by atoms with Crippen molar-refractivity contribution >= 4 is 11.6 Å². The van der Waals surface area contributed by atoms with Crippen molar-refractivity contribution in [2.75, 3.05) is 0 Å². The third-order valence-corrected chi connectivity index (χ3v) is 6.34. The van der Waals surface area contributed by atoms with Crippen molar-refractivity contribution < 1.29 is 4.79 Å². The zero-order valence-electron chi connectivity index (χ0n) is 13.6. The van der Waals surface area contributed by atoms with E-state index in [1.165, 1.54) is 38.5 Å². The number of hydrogen-bond acceptors (Lipinski definition) is 2. The van der Waals surface area contributed by atoms with Crippen LogP contribution in [0.1, 0.15) is 54.7 Å². The Kier molecular flexibility index (Phi) is 2.71. The topological polar surface area (TPSA) is 46.4 Å². The molecule has 0 atom stereocenters. The number of nitrogens with zero attached hydrogens (tertiary/aromatic N) is 2. The summed E-state index contributed by atoms with van der Waals surface area (Å²) in [4.78, 5) is 17.6. The van der Waals surface area contributed by atoms with Crippen molar-refractivity contribution in [3.63, 3.8) is 0 Å². The number of nitrogens with one attached hydrogen (secondary N) is 1. The highest BCUT2D eigenvalue weighted by atomic mass is 16.2. The number of carbonyl (C=O) groups is 1. The Morgan fingerprint density at radius 2 is 1.83 bits per heavy atom. The molecule has 0 spiro atoms. The second-order valence-corrected chi connectivity index (χ2v) is 8.13. The van der Waals surface area contributed by atoms with Gasteiger partial charge in [0.25, 0.3) is 5.91 Å². The fraction of sp³-hybridized carbons (Fsp3) is 0.579. The monoisotopic (exact) mass is 309 g/mol. The minimum absolute atomic E-state index is 0.0528. The first-order valence-corrected chi connectivity index (χ1v) is 8.88. The summed E-state index contributed by atoms with van der Waals surface area (Å²) in [6.45, 7) is 1.93. The van der Waals surface area contributed by atoms with Gasteiger partial charge in [0.2, 0.25) is 0 Å². The van der Waals surface area contributed by atoms with Crippen molar-refractivity contribution in [2.45, 2.75) is 51.0 Å². The van der Waals surface area contributed by atoms with E-state index in [2.05, 4.69) is 10.3 Å². The van der Waals surface area contributed by atoms with Gasteiger partial charge in [0.1, 0.15) is 11.3 Å². The average Bonchev–Trinajstić information content (AvgIpc) is 2.81. The molecule has 2 heterocycles. The van der Waals surface area contributed by atoms with Crippen LogP contribution in [-0.2, 0) is 0 Å². The minimum atomic E-state index is 0.0528. The van der Waals surface area contributed by atoms with Crippen LogP contribution in [0.3, 0.4) is 0 Å². The molecule has 4 aliphatic carbocycles. The van der Waals surface area contributed by atoms with E-state index in [1.807, 2.05) is 35.7 Å². The van der Waals surface area contributed by atoms with E-state index in [-0.39, 0.29) is 11.4 Å². The summed E-state index contributed by atoms with van der Waals surface area (Å²) in [7, 11) is 0. The summed E-state index contributed by atoms with van der Waals surface area (Å²) >= 11 is 0. The van der Waals surface area contributed by atoms with E-state index in [0.717, 1.165) is 29.1 Å². The molecule has 4 aliphatic rings. The van der Waals surface area contributed by atoms with Crippen LogP contribution >= 0.6 is 0 Å². The first-order valence-electron chi connectivity index (χ1n) is 8.88. The van der Waals surface area contributed by atoms with Crippen LogP contribution < -0.4 is 5.32 Å². The number of aromatic nitrogens is 2. The molecule has 4 saturated carbocycles. The predicted octanol–water partition coefficient (Wildman–Crippen LogP) is 3.34. The molecule has 1 amide bonds. The molecular weight excluding hydrogens is 286 g/mol. The number of fused-ring (bicyclic) bond motifs is 1. The number of pyridine rings is 1. The highest BCUT2D eigenvalue weighted by Gasteiger charge is 2.51. The summed E-state index contributed by atoms with van der Waals surface area (Å²) in [5.74, 6) is 2.57. The summed E-state index contributed by atoms with van der Waals surface area (Å²) in [5, 5.41) is 3.46. The maximum absolute atomic E-state index is 13.1. The Labute approximate surface area is 136 Å². The second kappa shape index (κ2) is 4.59. The first kappa shape index (κ1) is 13.6. The van der Waals surface area contributed by atoms with Crippen molar-refractivity contribution in [1.82, 2.24) is 14.7 Å². The maximum Gasteiger partial charge on any atom is 0.270 e. The lowest BCUT2D eigenvalue weighted by Crippen LogP contribution is -2.60. The van der Waals surface area contributed by atoms with Crippen LogP contribution in [0.25, 0.3) is 5.65 Å². The molecule has 4 fully saturated rings. The number of rotatable bonds is 2. The van der Waals surface area contributed by atoms with Gasteiger partial charge >= 0.3 is 0 Å². The zero-order valence-corrected chi connectivity index (χ0v) is 13.6. The van der Waals surface area contributed by atoms with Gasteiger partial charge in [0, 0.05) is 11.7 Å². The van der Waals surface area contributed by atoms with Crippen LogP contribution in [0.4, 0.5) is 0 Å². The molecule has 2 aromatic heterocycles. The molecular formula is C19H23N3O. The summed E-state index contributed by atoms with van der Waals surface area (Å²) in [5.41, 5.74) is 2.42. The molecule has 6 rings (SSSR count). The quantitative estimate of drug-likeness (QED) is 0.925. The Balaban J connectivity index is 1.48. The summed E-state index contributed by atoms with van der Waals surface area (Å²) in [6, 6.07) is 5.87. The highest BCUT2D eigenvalue weighted by Crippen LogP contribution is 2.55. The SMILES string of the molecule is Cc1nc2ccccn2c1C(=O)NC12CC3CC(CC(C3)C1)C2. The second-order valence-electron chi connectivity index (χ2n) is 8.13. The van der Waals surface area contributed by atoms with Crippen molar-refractivity contribution in [3.05, 3.63) is 35.8 Å². The van der Waals surface area contributed by atoms with Crippen LogP contribution in [0.5, 0.6) is 0 Å². The van der Waals surface area contributed by atoms with Gasteiger partial charge < -0.3 is 5.32 Å². The molecule has 0 aliphatic heterocycles. The van der Waals surface area contributed by atoms with E-state index in [1.54, 1.807) is 0 Å². The largest absolute Gasteiger partial charge is 0.345 e. The summed E-state index contributed by atoms with van der Waals surface area (Å²) in [6.07, 6.45) is 9.66. The van der Waals surface area contributed by atoms with Crippen molar-refractivity contribution in [3.8, 4) is 0 Å². The normalized spacial score (nSPS) is 34.9. The van der Waals surface area contributed by atoms with Gasteiger partial charge in [0.05, 0.1) is 5.69 Å². The third-order valence-electron chi connectivity index (χ3n) is 6.34. The van der Waals surface area contributed by atoms with Gasteiger partial charge in [0.15, 0.2) is 0 Å². The molecule has 120 valence electrons. The smallest absolute Gasteiger partial charge is 0.270 e. The van der Waals surface area contributed by atoms with E-state index >= 15 is 0 Å². The van der Waals surface area contributed by atoms with E-state index in [4.69, 9.17) is 0 Å². The van der Waals surface area contributed by atoms with Gasteiger partial charge in [-0.25, -0.2) is 4.98 Å². The standard InChI is InChI=1S/C19H23N3O/c1-12-17(22-5-3-2-4-16(22)20-12)18(23)21-19-9-13-6-14(10-19)8-15(7-13)11-19/h2-5,13-15H,6-11H2,1H3,(H,21,23). The summed E-state index contributed by atoms with van der Waals surface area (Å²) < 4.78 is 1.92. The van der Waals surface area contributed by atoms with Gasteiger partial charge in [-0.1, -0.05) is 6.07 Å². The van der Waals surface area contributed by atoms with Gasteiger partial charge in [-0.05, 0) is 75.3 Å². The molecule has 0 saturated heterocycles. The number of carbonyl (C=O) groups excluding carboxylic acids is 1. The van der Waals surface area contributed by atoms with Crippen molar-refractivity contribution in [2.24, 2.45) is 17.8 Å². The number of aryl methyl sites for hydroxylation is 1. The molecule has 4 bridgehead atoms. The fourth-order valence-corrected chi connectivity index (χ4v) is 5.95. The molecule has 4 nitrogen and oxygen atoms in total. The molecule has 1 N–H and O–H groups in total. The molecule has 2 aromatic rings. The first-order chi connectivity index (χ1) is 11.1. The average molecular weight is 309 g/mol. The lowest BCUT2D eigenvalue weighted by Gasteiger charge is -2.56. The molecule has 0 radical (unpaired) electrons. The Hall–Kier alpha value is -1.84.